The van der Waals surface area contributed by atoms with Crippen molar-refractivity contribution in [3.63, 3.8) is 0 Å². The summed E-state index contributed by atoms with van der Waals surface area (Å²) in [4.78, 5) is 2.54. The summed E-state index contributed by atoms with van der Waals surface area (Å²) >= 11 is 0. The predicted octanol–water partition coefficient (Wildman–Crippen LogP) is 3.06. The Bertz CT molecular complexity index is 741. The third-order valence-electron chi connectivity index (χ3n) is 7.55. The number of hydrogen-bond donors (Lipinski definition) is 2. The minimum Gasteiger partial charge on any atom is -0.488 e. The molecule has 0 aromatic heterocycles. The number of fused-ring (bicyclic) bond motifs is 1. The second-order valence-electron chi connectivity index (χ2n) is 9.78. The topological polar surface area (TPSA) is 82.5 Å². The average Bonchev–Trinajstić information content (AvgIpc) is 2.94. The van der Waals surface area contributed by atoms with Crippen molar-refractivity contribution in [2.75, 3.05) is 13.1 Å². The van der Waals surface area contributed by atoms with Crippen LogP contribution in [0.25, 0.3) is 0 Å². The van der Waals surface area contributed by atoms with Crippen LogP contribution in [0.2, 0.25) is 0 Å². The Hall–Kier alpha value is -1.61. The van der Waals surface area contributed by atoms with E-state index >= 15 is 0 Å². The van der Waals surface area contributed by atoms with Gasteiger partial charge in [-0.15, -0.1) is 0 Å². The molecule has 0 amide bonds. The van der Waals surface area contributed by atoms with E-state index in [1.54, 1.807) is 0 Å². The zero-order valence-corrected chi connectivity index (χ0v) is 17.1. The zero-order chi connectivity index (χ0) is 19.9. The molecule has 1 aliphatic heterocycles. The molecular formula is C23H33N3O2. The molecule has 3 aliphatic rings. The van der Waals surface area contributed by atoms with Crippen LogP contribution in [0, 0.1) is 22.7 Å². The van der Waals surface area contributed by atoms with E-state index < -0.39 is 5.60 Å². The van der Waals surface area contributed by atoms with E-state index in [-0.39, 0.29) is 17.6 Å². The van der Waals surface area contributed by atoms with Gasteiger partial charge in [0.15, 0.2) is 0 Å². The molecule has 4 rings (SSSR count). The number of hydrogen-bond acceptors (Lipinski definition) is 5. The van der Waals surface area contributed by atoms with Crippen molar-refractivity contribution in [2.45, 2.75) is 76.2 Å². The Morgan fingerprint density at radius 3 is 2.68 bits per heavy atom. The molecule has 2 saturated carbocycles. The highest BCUT2D eigenvalue weighted by Gasteiger charge is 2.58. The lowest BCUT2D eigenvalue weighted by Crippen LogP contribution is -2.54. The Kier molecular flexibility index (Phi) is 5.16. The number of nitrogens with zero attached hydrogens (tertiary/aromatic N) is 2. The van der Waals surface area contributed by atoms with Crippen LogP contribution in [-0.2, 0) is 0 Å². The van der Waals surface area contributed by atoms with Crippen molar-refractivity contribution in [1.29, 1.82) is 5.26 Å². The van der Waals surface area contributed by atoms with Gasteiger partial charge in [-0.25, -0.2) is 0 Å². The number of aliphatic hydroxyl groups is 1. The maximum Gasteiger partial charge on any atom is 0.120 e. The van der Waals surface area contributed by atoms with Crippen LogP contribution in [-0.4, -0.2) is 46.9 Å². The second kappa shape index (κ2) is 7.33. The zero-order valence-electron chi connectivity index (χ0n) is 17.1. The fourth-order valence-electron chi connectivity index (χ4n) is 5.84. The molecule has 5 nitrogen and oxygen atoms in total. The van der Waals surface area contributed by atoms with Crippen LogP contribution >= 0.6 is 0 Å². The maximum atomic E-state index is 10.7. The summed E-state index contributed by atoms with van der Waals surface area (Å²) in [5.74, 6) is 1.28. The van der Waals surface area contributed by atoms with Gasteiger partial charge in [-0.1, -0.05) is 6.92 Å². The highest BCUT2D eigenvalue weighted by molar-refractivity contribution is 5.35. The van der Waals surface area contributed by atoms with Gasteiger partial charge in [-0.2, -0.15) is 5.26 Å². The maximum absolute atomic E-state index is 10.7. The number of rotatable bonds is 3. The minimum atomic E-state index is -0.573. The smallest absolute Gasteiger partial charge is 0.120 e. The van der Waals surface area contributed by atoms with Gasteiger partial charge >= 0.3 is 0 Å². The van der Waals surface area contributed by atoms with Crippen LogP contribution in [0.5, 0.6) is 5.75 Å². The van der Waals surface area contributed by atoms with E-state index in [1.165, 1.54) is 0 Å². The van der Waals surface area contributed by atoms with Crippen molar-refractivity contribution in [3.8, 4) is 11.8 Å². The van der Waals surface area contributed by atoms with E-state index in [9.17, 15) is 5.11 Å². The van der Waals surface area contributed by atoms with Gasteiger partial charge < -0.3 is 15.6 Å². The Morgan fingerprint density at radius 2 is 2.00 bits per heavy atom. The molecule has 1 aromatic carbocycles. The highest BCUT2D eigenvalue weighted by atomic mass is 16.5. The summed E-state index contributed by atoms with van der Waals surface area (Å²) in [6.07, 6.45) is 6.00. The van der Waals surface area contributed by atoms with Crippen molar-refractivity contribution < 1.29 is 9.84 Å². The van der Waals surface area contributed by atoms with E-state index in [0.29, 0.717) is 17.5 Å². The van der Waals surface area contributed by atoms with Crippen molar-refractivity contribution in [3.05, 3.63) is 29.8 Å². The largest absolute Gasteiger partial charge is 0.488 e. The summed E-state index contributed by atoms with van der Waals surface area (Å²) < 4.78 is 6.64. The Labute approximate surface area is 168 Å². The van der Waals surface area contributed by atoms with Crippen LogP contribution < -0.4 is 10.5 Å². The molecule has 0 spiro atoms. The first-order valence-corrected chi connectivity index (χ1v) is 10.7. The van der Waals surface area contributed by atoms with Crippen molar-refractivity contribution >= 4 is 0 Å². The van der Waals surface area contributed by atoms with E-state index in [1.807, 2.05) is 31.2 Å². The monoisotopic (exact) mass is 383 g/mol. The number of nitriles is 1. The van der Waals surface area contributed by atoms with Crippen LogP contribution in [0.3, 0.4) is 0 Å². The van der Waals surface area contributed by atoms with Gasteiger partial charge in [0.05, 0.1) is 17.2 Å². The third kappa shape index (κ3) is 3.66. The molecule has 3 N–H and O–H groups in total. The third-order valence-corrected chi connectivity index (χ3v) is 7.55. The second-order valence-corrected chi connectivity index (χ2v) is 9.78. The first-order chi connectivity index (χ1) is 13.3. The van der Waals surface area contributed by atoms with E-state index in [2.05, 4.69) is 17.9 Å². The molecule has 6 unspecified atom stereocenters. The fourth-order valence-corrected chi connectivity index (χ4v) is 5.84. The molecule has 1 heterocycles. The molecule has 1 saturated heterocycles. The Morgan fingerprint density at radius 1 is 1.25 bits per heavy atom. The molecule has 1 aromatic rings. The first kappa shape index (κ1) is 19.7. The lowest BCUT2D eigenvalue weighted by molar-refractivity contribution is -0.0713. The van der Waals surface area contributed by atoms with Gasteiger partial charge in [-0.05, 0) is 82.2 Å². The summed E-state index contributed by atoms with van der Waals surface area (Å²) in [5.41, 5.74) is 6.41. The van der Waals surface area contributed by atoms with Crippen molar-refractivity contribution in [2.24, 2.45) is 17.1 Å². The number of piperidine rings is 1. The molecule has 152 valence electrons. The van der Waals surface area contributed by atoms with Gasteiger partial charge in [0.1, 0.15) is 11.9 Å². The first-order valence-electron chi connectivity index (χ1n) is 10.7. The average molecular weight is 384 g/mol. The summed E-state index contributed by atoms with van der Waals surface area (Å²) in [6, 6.07) is 10.2. The highest BCUT2D eigenvalue weighted by Crippen LogP contribution is 2.56. The SMILES string of the molecule is CC1(O)CCC2(C)C(CC(N3CCCC(N)C3)C2Oc2ccc(C#N)cc2)C1. The number of ether oxygens (including phenoxy) is 1. The minimum absolute atomic E-state index is 0.0440. The van der Waals surface area contributed by atoms with Gasteiger partial charge in [0, 0.05) is 24.0 Å². The molecule has 6 atom stereocenters. The molecular weight excluding hydrogens is 350 g/mol. The molecule has 0 bridgehead atoms. The number of benzene rings is 1. The molecule has 2 aliphatic carbocycles. The van der Waals surface area contributed by atoms with Crippen LogP contribution in [0.4, 0.5) is 0 Å². The van der Waals surface area contributed by atoms with E-state index in [4.69, 9.17) is 15.7 Å². The number of likely N-dealkylation sites (tertiary alicyclic amines) is 1. The quantitative estimate of drug-likeness (QED) is 0.838. The molecule has 0 radical (unpaired) electrons. The molecule has 28 heavy (non-hydrogen) atoms. The Balaban J connectivity index is 1.62. The fraction of sp³-hybridized carbons (Fsp3) is 0.696. The van der Waals surface area contributed by atoms with Gasteiger partial charge in [0.25, 0.3) is 0 Å². The lowest BCUT2D eigenvalue weighted by Gasteiger charge is -2.46. The van der Waals surface area contributed by atoms with Crippen LogP contribution in [0.1, 0.15) is 57.9 Å². The summed E-state index contributed by atoms with van der Waals surface area (Å²) in [5, 5.41) is 19.8. The molecule has 5 heteroatoms. The predicted molar refractivity (Wildman–Crippen MR) is 109 cm³/mol. The standard InChI is InChI=1S/C23H33N3O2/c1-22(27)9-10-23(2)17(13-22)12-20(26-11-3-4-18(25)15-26)21(23)28-19-7-5-16(14-24)6-8-19/h5-8,17-18,20-21,27H,3-4,9-13,15,25H2,1-2H3. The lowest BCUT2D eigenvalue weighted by atomic mass is 9.64. The summed E-state index contributed by atoms with van der Waals surface area (Å²) in [6.45, 7) is 6.33. The van der Waals surface area contributed by atoms with E-state index in [0.717, 1.165) is 57.4 Å². The molecule has 3 fully saturated rings. The van der Waals surface area contributed by atoms with Crippen LogP contribution in [0.15, 0.2) is 24.3 Å². The normalized spacial score (nSPS) is 41.2. The van der Waals surface area contributed by atoms with Crippen molar-refractivity contribution in [1.82, 2.24) is 4.90 Å². The number of nitrogens with two attached hydrogens (primary N) is 1. The van der Waals surface area contributed by atoms with Gasteiger partial charge in [0.2, 0.25) is 0 Å². The van der Waals surface area contributed by atoms with Gasteiger partial charge in [-0.3, -0.25) is 4.90 Å². The summed E-state index contributed by atoms with van der Waals surface area (Å²) in [7, 11) is 0.